The van der Waals surface area contributed by atoms with Crippen molar-refractivity contribution in [2.75, 3.05) is 0 Å². The third-order valence-corrected chi connectivity index (χ3v) is 8.08. The van der Waals surface area contributed by atoms with E-state index in [1.165, 1.54) is 0 Å². The molecule has 97 valence electrons. The van der Waals surface area contributed by atoms with Crippen molar-refractivity contribution < 1.29 is 16.2 Å². The molecule has 0 saturated carbocycles. The molecule has 0 saturated heterocycles. The third kappa shape index (κ3) is 10.6. The summed E-state index contributed by atoms with van der Waals surface area (Å²) in [7, 11) is 0. The monoisotopic (exact) mass is 400 g/mol. The third-order valence-electron chi connectivity index (χ3n) is 0.987. The van der Waals surface area contributed by atoms with E-state index in [1.807, 2.05) is 0 Å². The van der Waals surface area contributed by atoms with Crippen LogP contribution >= 0.6 is 0 Å². The molecule has 0 heterocycles. The zero-order valence-electron chi connectivity index (χ0n) is 12.2. The zero-order valence-corrected chi connectivity index (χ0v) is 14.9. The number of rotatable bonds is 0. The molecule has 0 rings (SSSR count). The summed E-state index contributed by atoms with van der Waals surface area (Å²) < 4.78 is 14.5. The van der Waals surface area contributed by atoms with Crippen LogP contribution in [0.4, 0.5) is 0 Å². The van der Waals surface area contributed by atoms with E-state index in [-0.39, 0.29) is 16.6 Å². The second kappa shape index (κ2) is 5.14. The summed E-state index contributed by atoms with van der Waals surface area (Å²) in [6.07, 6.45) is 0. The molecule has 0 atom stereocenters. The molecular formula is C12H27N3Re. The van der Waals surface area contributed by atoms with Crippen molar-refractivity contribution in [1.82, 2.24) is 0 Å². The van der Waals surface area contributed by atoms with Gasteiger partial charge in [0, 0.05) is 0 Å². The van der Waals surface area contributed by atoms with Crippen LogP contribution in [0.5, 0.6) is 0 Å². The van der Waals surface area contributed by atoms with E-state index in [1.54, 1.807) is 0 Å². The molecule has 0 aromatic heterocycles. The van der Waals surface area contributed by atoms with Crippen molar-refractivity contribution in [3.05, 3.63) is 0 Å². The zero-order chi connectivity index (χ0) is 13.2. The fraction of sp³-hybridized carbons (Fsp3) is 1.00. The van der Waals surface area contributed by atoms with Crippen LogP contribution < -0.4 is 0 Å². The second-order valence-electron chi connectivity index (χ2n) is 6.99. The summed E-state index contributed by atoms with van der Waals surface area (Å²) in [5.41, 5.74) is -0.0621. The average molecular weight is 400 g/mol. The Morgan fingerprint density at radius 3 is 0.812 bits per heavy atom. The van der Waals surface area contributed by atoms with Crippen molar-refractivity contribution in [2.24, 2.45) is 10.7 Å². The van der Waals surface area contributed by atoms with E-state index in [4.69, 9.17) is 10.7 Å². The number of hydrogen-bond donors (Lipinski definition) is 0. The van der Waals surface area contributed by atoms with Crippen LogP contribution in [0, 0.1) is 0 Å². The van der Waals surface area contributed by atoms with Gasteiger partial charge in [0.15, 0.2) is 0 Å². The van der Waals surface area contributed by atoms with Crippen molar-refractivity contribution in [1.29, 1.82) is 0 Å². The Balaban J connectivity index is 5.71. The summed E-state index contributed by atoms with van der Waals surface area (Å²) in [6.45, 7) is 19.1. The van der Waals surface area contributed by atoms with Gasteiger partial charge in [0.2, 0.25) is 0 Å². The SMILES string of the molecule is CC(C)(C)[N]=[Re](=[N]C(C)(C)C)=[N]C(C)(C)C. The second-order valence-corrected chi connectivity index (χ2v) is 10.4. The predicted octanol–water partition coefficient (Wildman–Crippen LogP) is 4.55. The Kier molecular flexibility index (Phi) is 5.16. The molecule has 0 spiro atoms. The van der Waals surface area contributed by atoms with Crippen LogP contribution in [0.3, 0.4) is 0 Å². The molecule has 0 aromatic carbocycles. The van der Waals surface area contributed by atoms with Crippen LogP contribution in [0.2, 0.25) is 0 Å². The van der Waals surface area contributed by atoms with E-state index in [0.29, 0.717) is 0 Å². The van der Waals surface area contributed by atoms with Gasteiger partial charge in [-0.1, -0.05) is 0 Å². The molecule has 0 fully saturated rings. The van der Waals surface area contributed by atoms with Crippen molar-refractivity contribution >= 4 is 0 Å². The van der Waals surface area contributed by atoms with Crippen molar-refractivity contribution in [3.63, 3.8) is 0 Å². The molecule has 0 unspecified atom stereocenters. The molecule has 0 aromatic rings. The fourth-order valence-electron chi connectivity index (χ4n) is 0.737. The Bertz CT molecular complexity index is 308. The molecule has 3 nitrogen and oxygen atoms in total. The van der Waals surface area contributed by atoms with Crippen LogP contribution in [0.25, 0.3) is 0 Å². The normalized spacial score (nSPS) is 13.3. The van der Waals surface area contributed by atoms with Gasteiger partial charge < -0.3 is 0 Å². The Labute approximate surface area is 106 Å². The first kappa shape index (κ1) is 16.1. The molecular weight excluding hydrogens is 372 g/mol. The van der Waals surface area contributed by atoms with Crippen molar-refractivity contribution in [3.8, 4) is 0 Å². The maximum absolute atomic E-state index is 4.83. The van der Waals surface area contributed by atoms with Gasteiger partial charge in [0.25, 0.3) is 0 Å². The van der Waals surface area contributed by atoms with Gasteiger partial charge in [0.05, 0.1) is 0 Å². The molecule has 0 bridgehead atoms. The van der Waals surface area contributed by atoms with Crippen LogP contribution in [0.1, 0.15) is 62.3 Å². The molecule has 16 heavy (non-hydrogen) atoms. The molecule has 0 aliphatic heterocycles. The summed E-state index contributed by atoms with van der Waals surface area (Å²) >= 11 is -2.22. The van der Waals surface area contributed by atoms with Gasteiger partial charge in [-0.25, -0.2) is 0 Å². The fourth-order valence-corrected chi connectivity index (χ4v) is 6.03. The van der Waals surface area contributed by atoms with E-state index in [9.17, 15) is 0 Å². The molecule has 0 N–H and O–H groups in total. The maximum atomic E-state index is 4.83. The van der Waals surface area contributed by atoms with Crippen LogP contribution in [0.15, 0.2) is 10.7 Å². The van der Waals surface area contributed by atoms with E-state index >= 15 is 0 Å². The topological polar surface area (TPSA) is 37.1 Å². The van der Waals surface area contributed by atoms with Crippen molar-refractivity contribution in [2.45, 2.75) is 78.9 Å². The first-order chi connectivity index (χ1) is 6.79. The molecule has 0 aliphatic rings. The Morgan fingerprint density at radius 1 is 0.500 bits per heavy atom. The average Bonchev–Trinajstić information content (AvgIpc) is 1.70. The number of hydrogen-bond acceptors (Lipinski definition) is 3. The molecule has 0 radical (unpaired) electrons. The summed E-state index contributed by atoms with van der Waals surface area (Å²) in [5, 5.41) is 0. The van der Waals surface area contributed by atoms with Crippen LogP contribution in [-0.2, 0) is 16.2 Å². The van der Waals surface area contributed by atoms with Gasteiger partial charge in [-0.2, -0.15) is 0 Å². The summed E-state index contributed by atoms with van der Waals surface area (Å²) in [4.78, 5) is 0. The first-order valence-electron chi connectivity index (χ1n) is 5.68. The Hall–Kier alpha value is 0.0623. The Morgan fingerprint density at radius 2 is 0.688 bits per heavy atom. The first-order valence-corrected chi connectivity index (χ1v) is 9.32. The summed E-state index contributed by atoms with van der Waals surface area (Å²) in [5.74, 6) is 0. The van der Waals surface area contributed by atoms with Gasteiger partial charge in [-0.3, -0.25) is 0 Å². The van der Waals surface area contributed by atoms with E-state index in [0.717, 1.165) is 0 Å². The van der Waals surface area contributed by atoms with Gasteiger partial charge in [0.1, 0.15) is 0 Å². The van der Waals surface area contributed by atoms with Gasteiger partial charge in [-0.05, 0) is 0 Å². The molecule has 0 amide bonds. The predicted molar refractivity (Wildman–Crippen MR) is 66.5 cm³/mol. The minimum absolute atomic E-state index is 0.0207. The standard InChI is InChI=1S/3C4H9N.Re/c3*1-4(2,3)5;/h3*1-3H3;. The van der Waals surface area contributed by atoms with E-state index < -0.39 is 16.2 Å². The summed E-state index contributed by atoms with van der Waals surface area (Å²) in [6, 6.07) is 0. The molecule has 0 aliphatic carbocycles. The number of nitrogens with zero attached hydrogens (tertiary/aromatic N) is 3. The quantitative estimate of drug-likeness (QED) is 0.573. The van der Waals surface area contributed by atoms with Gasteiger partial charge >= 0.3 is 106 Å². The molecule has 4 heteroatoms. The van der Waals surface area contributed by atoms with Crippen LogP contribution in [-0.4, -0.2) is 16.6 Å². The van der Waals surface area contributed by atoms with E-state index in [2.05, 4.69) is 62.3 Å². The minimum atomic E-state index is -2.22. The van der Waals surface area contributed by atoms with Gasteiger partial charge in [-0.15, -0.1) is 0 Å².